The van der Waals surface area contributed by atoms with Crippen molar-refractivity contribution in [1.82, 2.24) is 9.97 Å². The SMILES string of the molecule is CCCCCc1cnc(CCc2cccc(OCCCCF)c2)nc1. The molecule has 0 fully saturated rings. The van der Waals surface area contributed by atoms with Crippen LogP contribution in [-0.2, 0) is 19.3 Å². The average Bonchev–Trinajstić information content (AvgIpc) is 2.65. The summed E-state index contributed by atoms with van der Waals surface area (Å²) in [5, 5.41) is 0. The third-order valence-corrected chi connectivity index (χ3v) is 4.16. The van der Waals surface area contributed by atoms with Crippen molar-refractivity contribution in [2.24, 2.45) is 0 Å². The highest BCUT2D eigenvalue weighted by molar-refractivity contribution is 5.28. The lowest BCUT2D eigenvalue weighted by Gasteiger charge is -2.08. The first-order valence-electron chi connectivity index (χ1n) is 9.39. The van der Waals surface area contributed by atoms with Gasteiger partial charge in [0, 0.05) is 18.8 Å². The standard InChI is InChI=1S/C21H29FN2O/c1-2-3-4-8-19-16-23-21(24-17-19)12-11-18-9-7-10-20(15-18)25-14-6-5-13-22/h7,9-10,15-17H,2-6,8,11-14H2,1H3. The number of alkyl halides is 1. The number of nitrogens with zero attached hydrogens (tertiary/aromatic N) is 2. The molecule has 25 heavy (non-hydrogen) atoms. The molecule has 0 unspecified atom stereocenters. The van der Waals surface area contributed by atoms with E-state index >= 15 is 0 Å². The Labute approximate surface area is 150 Å². The molecule has 3 nitrogen and oxygen atoms in total. The first kappa shape index (κ1) is 19.4. The number of halogens is 1. The van der Waals surface area contributed by atoms with Crippen LogP contribution in [0.5, 0.6) is 5.75 Å². The molecule has 0 saturated carbocycles. The van der Waals surface area contributed by atoms with E-state index in [-0.39, 0.29) is 6.67 Å². The number of aromatic nitrogens is 2. The molecule has 0 spiro atoms. The smallest absolute Gasteiger partial charge is 0.128 e. The van der Waals surface area contributed by atoms with Gasteiger partial charge in [0.15, 0.2) is 0 Å². The maximum Gasteiger partial charge on any atom is 0.128 e. The fourth-order valence-corrected chi connectivity index (χ4v) is 2.65. The van der Waals surface area contributed by atoms with E-state index in [4.69, 9.17) is 4.74 Å². The summed E-state index contributed by atoms with van der Waals surface area (Å²) >= 11 is 0. The van der Waals surface area contributed by atoms with Crippen molar-refractivity contribution in [3.63, 3.8) is 0 Å². The lowest BCUT2D eigenvalue weighted by Crippen LogP contribution is -2.01. The van der Waals surface area contributed by atoms with Gasteiger partial charge in [-0.2, -0.15) is 0 Å². The molecule has 136 valence electrons. The van der Waals surface area contributed by atoms with Gasteiger partial charge in [-0.1, -0.05) is 31.9 Å². The van der Waals surface area contributed by atoms with E-state index in [1.54, 1.807) is 0 Å². The monoisotopic (exact) mass is 344 g/mol. The molecule has 0 atom stereocenters. The van der Waals surface area contributed by atoms with Crippen molar-refractivity contribution in [2.75, 3.05) is 13.3 Å². The van der Waals surface area contributed by atoms with Crippen LogP contribution in [0.25, 0.3) is 0 Å². The van der Waals surface area contributed by atoms with Gasteiger partial charge in [0.25, 0.3) is 0 Å². The summed E-state index contributed by atoms with van der Waals surface area (Å²) in [6.45, 7) is 2.50. The molecule has 0 aliphatic carbocycles. The van der Waals surface area contributed by atoms with Gasteiger partial charge in [-0.15, -0.1) is 0 Å². The zero-order valence-electron chi connectivity index (χ0n) is 15.2. The van der Waals surface area contributed by atoms with Crippen molar-refractivity contribution in [3.8, 4) is 5.75 Å². The predicted octanol–water partition coefficient (Wildman–Crippen LogP) is 5.12. The third-order valence-electron chi connectivity index (χ3n) is 4.16. The molecule has 0 amide bonds. The fraction of sp³-hybridized carbons (Fsp3) is 0.524. The Morgan fingerprint density at radius 2 is 1.76 bits per heavy atom. The summed E-state index contributed by atoms with van der Waals surface area (Å²) < 4.78 is 17.7. The van der Waals surface area contributed by atoms with Crippen LogP contribution in [0.2, 0.25) is 0 Å². The van der Waals surface area contributed by atoms with E-state index in [9.17, 15) is 4.39 Å². The second-order valence-corrected chi connectivity index (χ2v) is 6.36. The van der Waals surface area contributed by atoms with Crippen molar-refractivity contribution >= 4 is 0 Å². The average molecular weight is 344 g/mol. The minimum Gasteiger partial charge on any atom is -0.494 e. The summed E-state index contributed by atoms with van der Waals surface area (Å²) in [5.41, 5.74) is 2.43. The van der Waals surface area contributed by atoms with Gasteiger partial charge in [-0.05, 0) is 55.4 Å². The van der Waals surface area contributed by atoms with Crippen LogP contribution < -0.4 is 4.74 Å². The molecule has 0 aliphatic rings. The number of ether oxygens (including phenoxy) is 1. The lowest BCUT2D eigenvalue weighted by atomic mass is 10.1. The van der Waals surface area contributed by atoms with Crippen molar-refractivity contribution < 1.29 is 9.13 Å². The normalized spacial score (nSPS) is 10.8. The molecule has 1 aromatic carbocycles. The number of rotatable bonds is 12. The maximum absolute atomic E-state index is 12.1. The Hall–Kier alpha value is -1.97. The number of aryl methyl sites for hydroxylation is 3. The van der Waals surface area contributed by atoms with E-state index in [2.05, 4.69) is 29.0 Å². The third kappa shape index (κ3) is 7.63. The molecule has 0 saturated heterocycles. The van der Waals surface area contributed by atoms with E-state index in [0.717, 1.165) is 37.3 Å². The second kappa shape index (κ2) is 11.6. The summed E-state index contributed by atoms with van der Waals surface area (Å²) in [4.78, 5) is 8.97. The Kier molecular flexibility index (Phi) is 8.95. The molecular weight excluding hydrogens is 315 g/mol. The van der Waals surface area contributed by atoms with E-state index in [0.29, 0.717) is 13.0 Å². The first-order chi connectivity index (χ1) is 12.3. The highest BCUT2D eigenvalue weighted by Gasteiger charge is 2.02. The highest BCUT2D eigenvalue weighted by atomic mass is 19.1. The zero-order valence-corrected chi connectivity index (χ0v) is 15.2. The van der Waals surface area contributed by atoms with Crippen LogP contribution in [0, 0.1) is 0 Å². The van der Waals surface area contributed by atoms with Gasteiger partial charge >= 0.3 is 0 Å². The van der Waals surface area contributed by atoms with Crippen LogP contribution >= 0.6 is 0 Å². The summed E-state index contributed by atoms with van der Waals surface area (Å²) in [7, 11) is 0. The topological polar surface area (TPSA) is 35.0 Å². The minimum atomic E-state index is -0.277. The largest absolute Gasteiger partial charge is 0.494 e. The van der Waals surface area contributed by atoms with Crippen LogP contribution in [0.3, 0.4) is 0 Å². The van der Waals surface area contributed by atoms with Crippen molar-refractivity contribution in [3.05, 3.63) is 53.6 Å². The number of benzene rings is 1. The number of hydrogen-bond donors (Lipinski definition) is 0. The Balaban J connectivity index is 1.78. The minimum absolute atomic E-state index is 0.277. The molecule has 1 heterocycles. The van der Waals surface area contributed by atoms with Gasteiger partial charge in [0.2, 0.25) is 0 Å². The highest BCUT2D eigenvalue weighted by Crippen LogP contribution is 2.15. The number of unbranched alkanes of at least 4 members (excludes halogenated alkanes) is 3. The van der Waals surface area contributed by atoms with Gasteiger partial charge in [0.1, 0.15) is 11.6 Å². The second-order valence-electron chi connectivity index (χ2n) is 6.36. The van der Waals surface area contributed by atoms with Crippen molar-refractivity contribution in [1.29, 1.82) is 0 Å². The molecule has 1 aromatic heterocycles. The van der Waals surface area contributed by atoms with Crippen LogP contribution in [0.15, 0.2) is 36.7 Å². The van der Waals surface area contributed by atoms with Crippen LogP contribution in [-0.4, -0.2) is 23.2 Å². The quantitative estimate of drug-likeness (QED) is 0.501. The molecule has 0 bridgehead atoms. The molecule has 4 heteroatoms. The summed E-state index contributed by atoms with van der Waals surface area (Å²) in [6, 6.07) is 8.08. The molecule has 0 radical (unpaired) electrons. The molecule has 0 N–H and O–H groups in total. The van der Waals surface area contributed by atoms with E-state index in [1.807, 2.05) is 24.5 Å². The molecule has 2 rings (SSSR count). The fourth-order valence-electron chi connectivity index (χ4n) is 2.65. The van der Waals surface area contributed by atoms with Gasteiger partial charge in [-0.3, -0.25) is 4.39 Å². The molecular formula is C21H29FN2O. The molecule has 2 aromatic rings. The number of hydrogen-bond acceptors (Lipinski definition) is 3. The Bertz CT molecular complexity index is 601. The summed E-state index contributed by atoms with van der Waals surface area (Å²) in [5.74, 6) is 1.73. The summed E-state index contributed by atoms with van der Waals surface area (Å²) in [6.07, 6.45) is 11.7. The zero-order chi connectivity index (χ0) is 17.7. The van der Waals surface area contributed by atoms with E-state index < -0.39 is 0 Å². The lowest BCUT2D eigenvalue weighted by molar-refractivity contribution is 0.297. The van der Waals surface area contributed by atoms with E-state index in [1.165, 1.54) is 30.4 Å². The first-order valence-corrected chi connectivity index (χ1v) is 9.39. The van der Waals surface area contributed by atoms with Crippen LogP contribution in [0.4, 0.5) is 4.39 Å². The van der Waals surface area contributed by atoms with Gasteiger partial charge in [0.05, 0.1) is 13.3 Å². The van der Waals surface area contributed by atoms with Gasteiger partial charge < -0.3 is 4.74 Å². The maximum atomic E-state index is 12.1. The van der Waals surface area contributed by atoms with Crippen LogP contribution in [0.1, 0.15) is 56.0 Å². The van der Waals surface area contributed by atoms with Crippen molar-refractivity contribution in [2.45, 2.75) is 58.3 Å². The molecule has 0 aliphatic heterocycles. The Morgan fingerprint density at radius 1 is 0.920 bits per heavy atom. The predicted molar refractivity (Wildman–Crippen MR) is 99.8 cm³/mol. The van der Waals surface area contributed by atoms with Gasteiger partial charge in [-0.25, -0.2) is 9.97 Å². The Morgan fingerprint density at radius 3 is 2.52 bits per heavy atom.